The first kappa shape index (κ1) is 15.6. The van der Waals surface area contributed by atoms with Gasteiger partial charge in [0.2, 0.25) is 0 Å². The fourth-order valence-electron chi connectivity index (χ4n) is 1.85. The molecule has 0 radical (unpaired) electrons. The molecule has 0 heterocycles. The van der Waals surface area contributed by atoms with Gasteiger partial charge in [0.1, 0.15) is 0 Å². The number of rotatable bonds is 3. The van der Waals surface area contributed by atoms with Crippen molar-refractivity contribution in [3.8, 4) is 0 Å². The van der Waals surface area contributed by atoms with Gasteiger partial charge in [0.25, 0.3) is 0 Å². The van der Waals surface area contributed by atoms with Crippen LogP contribution < -0.4 is 5.73 Å². The third-order valence-electron chi connectivity index (χ3n) is 2.94. The van der Waals surface area contributed by atoms with Crippen molar-refractivity contribution in [2.45, 2.75) is 12.6 Å². The van der Waals surface area contributed by atoms with E-state index in [1.165, 1.54) is 12.1 Å². The van der Waals surface area contributed by atoms with Gasteiger partial charge in [-0.2, -0.15) is 13.2 Å². The summed E-state index contributed by atoms with van der Waals surface area (Å²) in [5.41, 5.74) is 6.35. The molecule has 2 aromatic rings. The third kappa shape index (κ3) is 3.85. The Kier molecular flexibility index (Phi) is 4.37. The Morgan fingerprint density at radius 3 is 2.24 bits per heavy atom. The van der Waals surface area contributed by atoms with E-state index >= 15 is 0 Å². The van der Waals surface area contributed by atoms with Crippen molar-refractivity contribution in [2.75, 3.05) is 5.73 Å². The van der Waals surface area contributed by atoms with Gasteiger partial charge >= 0.3 is 6.18 Å². The maximum Gasteiger partial charge on any atom is 0.416 e. The zero-order valence-corrected chi connectivity index (χ0v) is 12.3. The molecule has 0 fully saturated rings. The Morgan fingerprint density at radius 1 is 1.10 bits per heavy atom. The second kappa shape index (κ2) is 5.89. The van der Waals surface area contributed by atoms with Gasteiger partial charge in [-0.3, -0.25) is 4.79 Å². The number of nitrogens with two attached hydrogens (primary N) is 1. The van der Waals surface area contributed by atoms with Crippen LogP contribution in [0.2, 0.25) is 0 Å². The molecule has 110 valence electrons. The minimum atomic E-state index is -4.37. The van der Waals surface area contributed by atoms with E-state index in [2.05, 4.69) is 15.9 Å². The normalized spacial score (nSPS) is 11.4. The molecule has 0 aliphatic carbocycles. The lowest BCUT2D eigenvalue weighted by Gasteiger charge is -2.08. The molecular weight excluding hydrogens is 347 g/mol. The molecule has 2 aromatic carbocycles. The Labute approximate surface area is 127 Å². The van der Waals surface area contributed by atoms with Gasteiger partial charge in [-0.25, -0.2) is 0 Å². The van der Waals surface area contributed by atoms with Gasteiger partial charge in [0.15, 0.2) is 5.78 Å². The monoisotopic (exact) mass is 357 g/mol. The first-order chi connectivity index (χ1) is 9.77. The molecule has 6 heteroatoms. The lowest BCUT2D eigenvalue weighted by Crippen LogP contribution is -2.07. The third-order valence-corrected chi connectivity index (χ3v) is 3.60. The number of alkyl halides is 3. The van der Waals surface area contributed by atoms with E-state index in [-0.39, 0.29) is 12.2 Å². The van der Waals surface area contributed by atoms with Crippen LogP contribution in [0.15, 0.2) is 46.9 Å². The van der Waals surface area contributed by atoms with Crippen molar-refractivity contribution in [3.63, 3.8) is 0 Å². The van der Waals surface area contributed by atoms with Crippen molar-refractivity contribution in [1.82, 2.24) is 0 Å². The number of nitrogen functional groups attached to an aromatic ring is 1. The van der Waals surface area contributed by atoms with Crippen molar-refractivity contribution in [1.29, 1.82) is 0 Å². The van der Waals surface area contributed by atoms with Crippen LogP contribution in [0, 0.1) is 0 Å². The van der Waals surface area contributed by atoms with Gasteiger partial charge < -0.3 is 5.73 Å². The lowest BCUT2D eigenvalue weighted by molar-refractivity contribution is -0.137. The van der Waals surface area contributed by atoms with Crippen LogP contribution >= 0.6 is 15.9 Å². The molecule has 2 nitrogen and oxygen atoms in total. The molecule has 0 spiro atoms. The molecule has 0 unspecified atom stereocenters. The molecule has 0 aromatic heterocycles. The SMILES string of the molecule is Nc1ccc(C(=O)Cc2ccc(C(F)(F)F)cc2)c(Br)c1. The van der Waals surface area contributed by atoms with Crippen LogP contribution in [0.4, 0.5) is 18.9 Å². The summed E-state index contributed by atoms with van der Waals surface area (Å²) in [5.74, 6) is -0.193. The lowest BCUT2D eigenvalue weighted by atomic mass is 10.0. The molecule has 2 rings (SSSR count). The molecule has 0 aliphatic heterocycles. The minimum Gasteiger partial charge on any atom is -0.399 e. The fourth-order valence-corrected chi connectivity index (χ4v) is 2.47. The zero-order chi connectivity index (χ0) is 15.6. The highest BCUT2D eigenvalue weighted by atomic mass is 79.9. The summed E-state index contributed by atoms with van der Waals surface area (Å²) in [6, 6.07) is 9.37. The number of halogens is 4. The number of Topliss-reactive ketones (excluding diaryl/α,β-unsaturated/α-hetero) is 1. The maximum atomic E-state index is 12.5. The van der Waals surface area contributed by atoms with E-state index in [4.69, 9.17) is 5.73 Å². The Balaban J connectivity index is 2.16. The first-order valence-corrected chi connectivity index (χ1v) is 6.81. The second-order valence-electron chi connectivity index (χ2n) is 4.53. The molecular formula is C15H11BrF3NO. The maximum absolute atomic E-state index is 12.5. The van der Waals surface area contributed by atoms with Crippen LogP contribution in [0.25, 0.3) is 0 Å². The van der Waals surface area contributed by atoms with Gasteiger partial charge in [-0.1, -0.05) is 12.1 Å². The summed E-state index contributed by atoms with van der Waals surface area (Å²) in [6.45, 7) is 0. The minimum absolute atomic E-state index is 0.0284. The van der Waals surface area contributed by atoms with Crippen LogP contribution in [-0.2, 0) is 12.6 Å². The summed E-state index contributed by atoms with van der Waals surface area (Å²) in [4.78, 5) is 12.1. The molecule has 0 bridgehead atoms. The van der Waals surface area contributed by atoms with Gasteiger partial charge in [0.05, 0.1) is 5.56 Å². The van der Waals surface area contributed by atoms with E-state index in [1.54, 1.807) is 18.2 Å². The van der Waals surface area contributed by atoms with Crippen molar-refractivity contribution < 1.29 is 18.0 Å². The van der Waals surface area contributed by atoms with Gasteiger partial charge in [-0.15, -0.1) is 0 Å². The molecule has 2 N–H and O–H groups in total. The molecule has 0 aliphatic rings. The number of ketones is 1. The highest BCUT2D eigenvalue weighted by molar-refractivity contribution is 9.10. The quantitative estimate of drug-likeness (QED) is 0.650. The number of anilines is 1. The average molecular weight is 358 g/mol. The predicted molar refractivity (Wildman–Crippen MR) is 78.0 cm³/mol. The van der Waals surface area contributed by atoms with Crippen LogP contribution in [-0.4, -0.2) is 5.78 Å². The van der Waals surface area contributed by atoms with Crippen molar-refractivity contribution in [3.05, 3.63) is 63.6 Å². The summed E-state index contributed by atoms with van der Waals surface area (Å²) >= 11 is 3.25. The summed E-state index contributed by atoms with van der Waals surface area (Å²) in [5, 5.41) is 0. The first-order valence-electron chi connectivity index (χ1n) is 6.02. The molecule has 0 saturated carbocycles. The van der Waals surface area contributed by atoms with Crippen LogP contribution in [0.5, 0.6) is 0 Å². The standard InChI is InChI=1S/C15H11BrF3NO/c16-13-8-11(20)5-6-12(13)14(21)7-9-1-3-10(4-2-9)15(17,18)19/h1-6,8H,7,20H2. The van der Waals surface area contributed by atoms with Crippen LogP contribution in [0.1, 0.15) is 21.5 Å². The topological polar surface area (TPSA) is 43.1 Å². The van der Waals surface area contributed by atoms with Gasteiger partial charge in [-0.05, 0) is 51.8 Å². The molecule has 0 saturated heterocycles. The summed E-state index contributed by atoms with van der Waals surface area (Å²) in [7, 11) is 0. The van der Waals surface area contributed by atoms with E-state index in [9.17, 15) is 18.0 Å². The zero-order valence-electron chi connectivity index (χ0n) is 10.7. The Morgan fingerprint density at radius 2 is 1.71 bits per heavy atom. The average Bonchev–Trinajstić information content (AvgIpc) is 2.38. The van der Waals surface area contributed by atoms with E-state index in [1.807, 2.05) is 0 Å². The Hall–Kier alpha value is -1.82. The smallest absolute Gasteiger partial charge is 0.399 e. The van der Waals surface area contributed by atoms with Crippen LogP contribution in [0.3, 0.4) is 0 Å². The van der Waals surface area contributed by atoms with Crippen molar-refractivity contribution >= 4 is 27.4 Å². The molecule has 0 amide bonds. The number of carbonyl (C=O) groups excluding carboxylic acids is 1. The number of hydrogen-bond donors (Lipinski definition) is 1. The summed E-state index contributed by atoms with van der Waals surface area (Å²) < 4.78 is 37.9. The van der Waals surface area contributed by atoms with E-state index < -0.39 is 11.7 Å². The predicted octanol–water partition coefficient (Wildman–Crippen LogP) is 4.48. The van der Waals surface area contributed by atoms with Gasteiger partial charge in [0, 0.05) is 22.1 Å². The molecule has 21 heavy (non-hydrogen) atoms. The number of hydrogen-bond acceptors (Lipinski definition) is 2. The van der Waals surface area contributed by atoms with E-state index in [0.717, 1.165) is 12.1 Å². The summed E-state index contributed by atoms with van der Waals surface area (Å²) in [6.07, 6.45) is -4.34. The highest BCUT2D eigenvalue weighted by Gasteiger charge is 2.30. The fraction of sp³-hybridized carbons (Fsp3) is 0.133. The second-order valence-corrected chi connectivity index (χ2v) is 5.39. The van der Waals surface area contributed by atoms with E-state index in [0.29, 0.717) is 21.3 Å². The highest BCUT2D eigenvalue weighted by Crippen LogP contribution is 2.29. The Bertz CT molecular complexity index is 666. The van der Waals surface area contributed by atoms with Crippen molar-refractivity contribution in [2.24, 2.45) is 0 Å². The number of carbonyl (C=O) groups is 1. The molecule has 0 atom stereocenters. The largest absolute Gasteiger partial charge is 0.416 e. The number of benzene rings is 2.